The lowest BCUT2D eigenvalue weighted by atomic mass is 9.98. The summed E-state index contributed by atoms with van der Waals surface area (Å²) in [5, 5.41) is 0. The van der Waals surface area contributed by atoms with E-state index in [1.165, 1.54) is 15.5 Å². The number of fused-ring (bicyclic) bond motifs is 1. The summed E-state index contributed by atoms with van der Waals surface area (Å²) < 4.78 is 8.14. The topological polar surface area (TPSA) is 99.0 Å². The van der Waals surface area contributed by atoms with E-state index in [9.17, 15) is 14.4 Å². The molecule has 0 fully saturated rings. The molecule has 0 radical (unpaired) electrons. The first-order valence-corrected chi connectivity index (χ1v) is 7.11. The lowest BCUT2D eigenvalue weighted by molar-refractivity contribution is -0.156. The largest absolute Gasteiger partial charge is 0.443 e. The van der Waals surface area contributed by atoms with Crippen LogP contribution in [0, 0.1) is 5.41 Å². The fourth-order valence-electron chi connectivity index (χ4n) is 2.01. The van der Waals surface area contributed by atoms with Gasteiger partial charge in [-0.05, 0) is 27.2 Å². The van der Waals surface area contributed by atoms with Crippen molar-refractivity contribution in [2.75, 3.05) is 0 Å². The summed E-state index contributed by atoms with van der Waals surface area (Å²) in [7, 11) is 0. The van der Waals surface area contributed by atoms with Crippen LogP contribution in [0.5, 0.6) is 0 Å². The van der Waals surface area contributed by atoms with Gasteiger partial charge in [-0.1, -0.05) is 6.92 Å². The van der Waals surface area contributed by atoms with Crippen LogP contribution < -0.4 is 11.2 Å². The van der Waals surface area contributed by atoms with Crippen molar-refractivity contribution in [3.63, 3.8) is 0 Å². The first kappa shape index (κ1) is 16.0. The van der Waals surface area contributed by atoms with Gasteiger partial charge in [-0.2, -0.15) is 0 Å². The monoisotopic (exact) mass is 308 g/mol. The van der Waals surface area contributed by atoms with Crippen LogP contribution in [-0.4, -0.2) is 25.1 Å². The number of carbonyl (C=O) groups is 1. The molecule has 0 atom stereocenters. The Labute approximate surface area is 126 Å². The zero-order valence-corrected chi connectivity index (χ0v) is 13.2. The molecule has 120 valence electrons. The van der Waals surface area contributed by atoms with Crippen molar-refractivity contribution in [3.8, 4) is 0 Å². The maximum Gasteiger partial charge on any atom is 0.330 e. The maximum absolute atomic E-state index is 12.0. The van der Waals surface area contributed by atoms with Gasteiger partial charge < -0.3 is 4.74 Å². The van der Waals surface area contributed by atoms with Gasteiger partial charge in [0.15, 0.2) is 17.9 Å². The third-order valence-electron chi connectivity index (χ3n) is 3.14. The van der Waals surface area contributed by atoms with E-state index in [0.717, 1.165) is 0 Å². The molecule has 0 saturated carbocycles. The summed E-state index contributed by atoms with van der Waals surface area (Å²) >= 11 is 0. The summed E-state index contributed by atoms with van der Waals surface area (Å²) in [6, 6.07) is 0. The van der Waals surface area contributed by atoms with E-state index in [0.29, 0.717) is 18.6 Å². The van der Waals surface area contributed by atoms with E-state index in [4.69, 9.17) is 4.74 Å². The number of hydrogen-bond donors (Lipinski definition) is 1. The predicted molar refractivity (Wildman–Crippen MR) is 80.5 cm³/mol. The van der Waals surface area contributed by atoms with Crippen LogP contribution in [0.1, 0.15) is 34.1 Å². The zero-order chi connectivity index (χ0) is 16.5. The number of esters is 1. The van der Waals surface area contributed by atoms with Gasteiger partial charge in [0.1, 0.15) is 6.33 Å². The van der Waals surface area contributed by atoms with Gasteiger partial charge in [0, 0.05) is 6.54 Å². The van der Waals surface area contributed by atoms with Gasteiger partial charge in [-0.15, -0.1) is 0 Å². The highest BCUT2D eigenvalue weighted by molar-refractivity contribution is 5.75. The van der Waals surface area contributed by atoms with E-state index in [2.05, 4.69) is 9.97 Å². The molecule has 22 heavy (non-hydrogen) atoms. The smallest absolute Gasteiger partial charge is 0.330 e. The second kappa shape index (κ2) is 5.78. The minimum absolute atomic E-state index is 0.0980. The average Bonchev–Trinajstić information content (AvgIpc) is 2.84. The number of aryl methyl sites for hydroxylation is 1. The number of imidazole rings is 1. The van der Waals surface area contributed by atoms with Crippen LogP contribution >= 0.6 is 0 Å². The number of rotatable bonds is 4. The molecular formula is C14H20N4O4. The van der Waals surface area contributed by atoms with E-state index in [1.54, 1.807) is 20.8 Å². The number of hydrogen-bond acceptors (Lipinski definition) is 5. The van der Waals surface area contributed by atoms with Crippen molar-refractivity contribution < 1.29 is 9.53 Å². The van der Waals surface area contributed by atoms with Gasteiger partial charge in [0.2, 0.25) is 0 Å². The molecule has 0 bridgehead atoms. The molecule has 0 unspecified atom stereocenters. The molecule has 0 spiro atoms. The number of nitrogens with one attached hydrogen (secondary N) is 1. The van der Waals surface area contributed by atoms with Crippen molar-refractivity contribution in [1.82, 2.24) is 19.1 Å². The number of H-pyrrole nitrogens is 1. The Kier molecular flexibility index (Phi) is 4.20. The van der Waals surface area contributed by atoms with Crippen LogP contribution in [0.15, 0.2) is 15.9 Å². The highest BCUT2D eigenvalue weighted by Gasteiger charge is 2.23. The minimum Gasteiger partial charge on any atom is -0.443 e. The average molecular weight is 308 g/mol. The third-order valence-corrected chi connectivity index (χ3v) is 3.14. The SMILES string of the molecule is CCCn1c(=O)[nH]c(=O)c2ncn(COC(=O)C(C)(C)C)c21. The Hall–Kier alpha value is -2.38. The molecule has 1 N–H and O–H groups in total. The molecule has 0 aliphatic rings. The first-order chi connectivity index (χ1) is 10.3. The number of carbonyl (C=O) groups excluding carboxylic acids is 1. The first-order valence-electron chi connectivity index (χ1n) is 7.11. The summed E-state index contributed by atoms with van der Waals surface area (Å²) in [5.74, 6) is -0.372. The molecule has 0 aliphatic carbocycles. The van der Waals surface area contributed by atoms with E-state index in [1.807, 2.05) is 6.92 Å². The standard InChI is InChI=1S/C14H20N4O4/c1-5-6-18-11-9(10(19)16-13(18)21)15-7-17(11)8-22-12(20)14(2,3)4/h7H,5-6,8H2,1-4H3,(H,16,19,21). The second-order valence-corrected chi connectivity index (χ2v) is 6.11. The van der Waals surface area contributed by atoms with E-state index in [-0.39, 0.29) is 18.2 Å². The number of ether oxygens (including phenoxy) is 1. The molecule has 0 aromatic carbocycles. The number of nitrogens with zero attached hydrogens (tertiary/aromatic N) is 3. The number of aromatic nitrogens is 4. The summed E-state index contributed by atoms with van der Waals surface area (Å²) in [6.45, 7) is 7.51. The Morgan fingerprint density at radius 3 is 2.64 bits per heavy atom. The normalized spacial score (nSPS) is 11.8. The van der Waals surface area contributed by atoms with Crippen LogP contribution in [-0.2, 0) is 22.8 Å². The fraction of sp³-hybridized carbons (Fsp3) is 0.571. The zero-order valence-electron chi connectivity index (χ0n) is 13.2. The lowest BCUT2D eigenvalue weighted by Crippen LogP contribution is -2.31. The fourth-order valence-corrected chi connectivity index (χ4v) is 2.01. The minimum atomic E-state index is -0.628. The molecular weight excluding hydrogens is 288 g/mol. The van der Waals surface area contributed by atoms with Gasteiger partial charge in [-0.25, -0.2) is 9.78 Å². The van der Waals surface area contributed by atoms with Crippen LogP contribution in [0.4, 0.5) is 0 Å². The maximum atomic E-state index is 12.0. The Balaban J connectivity index is 2.45. The van der Waals surface area contributed by atoms with E-state index < -0.39 is 16.7 Å². The van der Waals surface area contributed by atoms with E-state index >= 15 is 0 Å². The number of aromatic amines is 1. The Bertz CT molecular complexity index is 807. The van der Waals surface area contributed by atoms with Crippen molar-refractivity contribution in [2.24, 2.45) is 5.41 Å². The Morgan fingerprint density at radius 1 is 1.36 bits per heavy atom. The third kappa shape index (κ3) is 2.95. The van der Waals surface area contributed by atoms with Crippen molar-refractivity contribution in [3.05, 3.63) is 27.2 Å². The molecule has 2 heterocycles. The lowest BCUT2D eigenvalue weighted by Gasteiger charge is -2.17. The highest BCUT2D eigenvalue weighted by atomic mass is 16.5. The van der Waals surface area contributed by atoms with Crippen molar-refractivity contribution >= 4 is 17.1 Å². The molecule has 8 nitrogen and oxygen atoms in total. The Morgan fingerprint density at radius 2 is 2.05 bits per heavy atom. The van der Waals surface area contributed by atoms with Gasteiger partial charge in [-0.3, -0.25) is 23.7 Å². The summed E-state index contributed by atoms with van der Waals surface area (Å²) in [5.41, 5.74) is -1.16. The molecule has 2 aromatic heterocycles. The molecule has 0 saturated heterocycles. The van der Waals surface area contributed by atoms with Gasteiger partial charge >= 0.3 is 11.7 Å². The predicted octanol–water partition coefficient (Wildman–Crippen LogP) is 0.843. The highest BCUT2D eigenvalue weighted by Crippen LogP contribution is 2.16. The van der Waals surface area contributed by atoms with Crippen molar-refractivity contribution in [1.29, 1.82) is 0 Å². The van der Waals surface area contributed by atoms with Crippen molar-refractivity contribution in [2.45, 2.75) is 47.4 Å². The summed E-state index contributed by atoms with van der Waals surface area (Å²) in [4.78, 5) is 41.9. The quantitative estimate of drug-likeness (QED) is 0.844. The molecule has 2 aromatic rings. The van der Waals surface area contributed by atoms with Crippen LogP contribution in [0.2, 0.25) is 0 Å². The van der Waals surface area contributed by atoms with Crippen LogP contribution in [0.3, 0.4) is 0 Å². The molecule has 0 aliphatic heterocycles. The molecule has 2 rings (SSSR count). The summed E-state index contributed by atoms with van der Waals surface area (Å²) in [6.07, 6.45) is 2.11. The molecule has 0 amide bonds. The second-order valence-electron chi connectivity index (χ2n) is 6.11. The van der Waals surface area contributed by atoms with Gasteiger partial charge in [0.05, 0.1) is 5.41 Å². The van der Waals surface area contributed by atoms with Crippen LogP contribution in [0.25, 0.3) is 11.2 Å². The van der Waals surface area contributed by atoms with Gasteiger partial charge in [0.25, 0.3) is 5.56 Å². The molecule has 8 heteroatoms.